The van der Waals surface area contributed by atoms with Crippen LogP contribution in [0.3, 0.4) is 0 Å². The summed E-state index contributed by atoms with van der Waals surface area (Å²) in [6.45, 7) is 4.16. The van der Waals surface area contributed by atoms with Crippen LogP contribution in [0.5, 0.6) is 0 Å². The molecule has 0 bridgehead atoms. The van der Waals surface area contributed by atoms with Gasteiger partial charge >= 0.3 is 0 Å². The third-order valence-electron chi connectivity index (χ3n) is 4.10. The van der Waals surface area contributed by atoms with Gasteiger partial charge in [0, 0.05) is 31.3 Å². The smallest absolute Gasteiger partial charge is 0.163 e. The molecule has 1 aliphatic carbocycles. The summed E-state index contributed by atoms with van der Waals surface area (Å²) >= 11 is 0. The molecule has 1 saturated carbocycles. The Morgan fingerprint density at radius 1 is 1.06 bits per heavy atom. The summed E-state index contributed by atoms with van der Waals surface area (Å²) in [4.78, 5) is 14.4. The molecule has 0 heterocycles. The molecule has 0 amide bonds. The molecule has 0 aromatic carbocycles. The van der Waals surface area contributed by atoms with Crippen molar-refractivity contribution in [3.8, 4) is 0 Å². The van der Waals surface area contributed by atoms with Crippen molar-refractivity contribution in [1.29, 1.82) is 0 Å². The molecule has 17 heavy (non-hydrogen) atoms. The molecule has 1 aliphatic rings. The minimum Gasteiger partial charge on any atom is -0.381 e. The van der Waals surface area contributed by atoms with Gasteiger partial charge in [-0.3, -0.25) is 4.79 Å². The Hall–Kier alpha value is -0.790. The van der Waals surface area contributed by atoms with Crippen molar-refractivity contribution in [2.45, 2.75) is 58.8 Å². The highest BCUT2D eigenvalue weighted by atomic mass is 16.1. The summed E-state index contributed by atoms with van der Waals surface area (Å²) in [5, 5.41) is 0. The van der Waals surface area contributed by atoms with Gasteiger partial charge in [0.05, 0.1) is 0 Å². The predicted octanol–water partition coefficient (Wildman–Crippen LogP) is 3.77. The topological polar surface area (TPSA) is 20.3 Å². The van der Waals surface area contributed by atoms with Crippen molar-refractivity contribution in [2.24, 2.45) is 5.41 Å². The molecule has 0 aromatic heterocycles. The molecule has 2 nitrogen and oxygen atoms in total. The molecule has 0 spiro atoms. The number of hydrogen-bond donors (Lipinski definition) is 0. The summed E-state index contributed by atoms with van der Waals surface area (Å²) in [5.74, 6) is 0.325. The molecule has 2 heteroatoms. The minimum atomic E-state index is -0.113. The maximum atomic E-state index is 12.4. The van der Waals surface area contributed by atoms with Gasteiger partial charge in [0.2, 0.25) is 0 Å². The van der Waals surface area contributed by atoms with Crippen LogP contribution in [0.1, 0.15) is 58.8 Å². The van der Waals surface area contributed by atoms with Crippen LogP contribution in [0.25, 0.3) is 0 Å². The number of hydrogen-bond acceptors (Lipinski definition) is 2. The third kappa shape index (κ3) is 4.18. The number of carbonyl (C=O) groups is 1. The molecule has 0 saturated heterocycles. The van der Waals surface area contributed by atoms with E-state index in [-0.39, 0.29) is 5.41 Å². The van der Waals surface area contributed by atoms with Crippen LogP contribution in [-0.4, -0.2) is 24.8 Å². The lowest BCUT2D eigenvalue weighted by atomic mass is 9.74. The first-order chi connectivity index (χ1) is 7.96. The Bertz CT molecular complexity index is 283. The van der Waals surface area contributed by atoms with Gasteiger partial charge in [-0.25, -0.2) is 0 Å². The Morgan fingerprint density at radius 2 is 1.53 bits per heavy atom. The van der Waals surface area contributed by atoms with Gasteiger partial charge in [-0.2, -0.15) is 0 Å². The van der Waals surface area contributed by atoms with Crippen molar-refractivity contribution in [1.82, 2.24) is 4.90 Å². The van der Waals surface area contributed by atoms with E-state index in [4.69, 9.17) is 0 Å². The molecule has 1 rings (SSSR count). The third-order valence-corrected chi connectivity index (χ3v) is 4.10. The van der Waals surface area contributed by atoms with E-state index in [2.05, 4.69) is 6.92 Å². The molecule has 0 radical (unpaired) electrons. The summed E-state index contributed by atoms with van der Waals surface area (Å²) in [6.07, 6.45) is 10.3. The van der Waals surface area contributed by atoms with E-state index in [1.807, 2.05) is 32.0 Å². The van der Waals surface area contributed by atoms with Crippen LogP contribution in [0, 0.1) is 5.41 Å². The number of carbonyl (C=O) groups excluding carboxylic acids is 1. The van der Waals surface area contributed by atoms with Gasteiger partial charge in [-0.15, -0.1) is 0 Å². The van der Waals surface area contributed by atoms with Crippen LogP contribution in [0.2, 0.25) is 0 Å². The van der Waals surface area contributed by atoms with Crippen LogP contribution in [-0.2, 0) is 4.79 Å². The molecular formula is C15H27NO. The fourth-order valence-electron chi connectivity index (χ4n) is 2.43. The maximum absolute atomic E-state index is 12.4. The van der Waals surface area contributed by atoms with Crippen LogP contribution in [0.15, 0.2) is 11.8 Å². The molecule has 0 N–H and O–H groups in total. The van der Waals surface area contributed by atoms with E-state index in [0.29, 0.717) is 5.78 Å². The predicted molar refractivity (Wildman–Crippen MR) is 72.9 cm³/mol. The zero-order valence-electron chi connectivity index (χ0n) is 11.9. The van der Waals surface area contributed by atoms with Crippen molar-refractivity contribution >= 4 is 5.78 Å². The van der Waals surface area contributed by atoms with E-state index in [1.54, 1.807) is 0 Å². The first kappa shape index (κ1) is 14.3. The second kappa shape index (κ2) is 6.23. The molecule has 0 unspecified atom stereocenters. The highest BCUT2D eigenvalue weighted by Crippen LogP contribution is 2.35. The second-order valence-electron chi connectivity index (χ2n) is 5.87. The van der Waals surface area contributed by atoms with Gasteiger partial charge in [-0.05, 0) is 19.8 Å². The van der Waals surface area contributed by atoms with Crippen molar-refractivity contribution in [3.63, 3.8) is 0 Å². The average molecular weight is 237 g/mol. The first-order valence-electron chi connectivity index (χ1n) is 6.86. The lowest BCUT2D eigenvalue weighted by Gasteiger charge is -2.29. The monoisotopic (exact) mass is 237 g/mol. The van der Waals surface area contributed by atoms with Gasteiger partial charge in [0.25, 0.3) is 0 Å². The molecule has 0 atom stereocenters. The van der Waals surface area contributed by atoms with E-state index >= 15 is 0 Å². The lowest BCUT2D eigenvalue weighted by molar-refractivity contribution is -0.124. The lowest BCUT2D eigenvalue weighted by Crippen LogP contribution is -2.28. The highest BCUT2D eigenvalue weighted by Gasteiger charge is 2.31. The van der Waals surface area contributed by atoms with E-state index in [0.717, 1.165) is 18.5 Å². The Morgan fingerprint density at radius 3 is 2.00 bits per heavy atom. The minimum absolute atomic E-state index is 0.113. The van der Waals surface area contributed by atoms with Crippen LogP contribution < -0.4 is 0 Å². The fraction of sp³-hybridized carbons (Fsp3) is 0.800. The first-order valence-corrected chi connectivity index (χ1v) is 6.86. The summed E-state index contributed by atoms with van der Waals surface area (Å²) < 4.78 is 0. The zero-order valence-corrected chi connectivity index (χ0v) is 11.9. The summed E-state index contributed by atoms with van der Waals surface area (Å²) in [6, 6.07) is 0. The normalized spacial score (nSPS) is 21.5. The molecule has 98 valence electrons. The van der Waals surface area contributed by atoms with Crippen LogP contribution in [0.4, 0.5) is 0 Å². The molecule has 1 fully saturated rings. The Kier molecular flexibility index (Phi) is 5.23. The van der Waals surface area contributed by atoms with Gasteiger partial charge in [0.1, 0.15) is 0 Å². The maximum Gasteiger partial charge on any atom is 0.163 e. The zero-order chi connectivity index (χ0) is 12.9. The fourth-order valence-corrected chi connectivity index (χ4v) is 2.43. The van der Waals surface area contributed by atoms with Crippen molar-refractivity contribution < 1.29 is 4.79 Å². The largest absolute Gasteiger partial charge is 0.381 e. The van der Waals surface area contributed by atoms with Gasteiger partial charge in [0.15, 0.2) is 5.78 Å². The van der Waals surface area contributed by atoms with Crippen LogP contribution >= 0.6 is 0 Å². The summed E-state index contributed by atoms with van der Waals surface area (Å²) in [5.41, 5.74) is 0.941. The summed E-state index contributed by atoms with van der Waals surface area (Å²) in [7, 11) is 3.97. The van der Waals surface area contributed by atoms with E-state index in [9.17, 15) is 4.79 Å². The quantitative estimate of drug-likeness (QED) is 0.696. The number of ketones is 1. The number of allylic oxidation sites excluding steroid dienone is 2. The van der Waals surface area contributed by atoms with Crippen molar-refractivity contribution in [2.75, 3.05) is 14.1 Å². The molecular weight excluding hydrogens is 210 g/mol. The Balaban J connectivity index is 2.73. The Labute approximate surface area is 106 Å². The SMILES string of the molecule is C/C(=C/C(=O)C1(C)CCCCCCC1)N(C)C. The van der Waals surface area contributed by atoms with Crippen molar-refractivity contribution in [3.05, 3.63) is 11.8 Å². The average Bonchev–Trinajstić information content (AvgIpc) is 2.23. The van der Waals surface area contributed by atoms with E-state index in [1.165, 1.54) is 32.1 Å². The van der Waals surface area contributed by atoms with Gasteiger partial charge < -0.3 is 4.90 Å². The molecule has 0 aromatic rings. The standard InChI is InChI=1S/C15H27NO/c1-13(16(3)4)12-14(17)15(2)10-8-6-5-7-9-11-15/h12H,5-11H2,1-4H3/b13-12-. The highest BCUT2D eigenvalue weighted by molar-refractivity contribution is 5.94. The number of nitrogens with zero attached hydrogens (tertiary/aromatic N) is 1. The van der Waals surface area contributed by atoms with E-state index < -0.39 is 0 Å². The van der Waals surface area contributed by atoms with Gasteiger partial charge in [-0.1, -0.05) is 39.0 Å². The second-order valence-corrected chi connectivity index (χ2v) is 5.87. The molecule has 0 aliphatic heterocycles. The number of rotatable bonds is 3.